The predicted octanol–water partition coefficient (Wildman–Crippen LogP) is 1.52. The molecule has 4 aliphatic carbocycles. The van der Waals surface area contributed by atoms with Crippen molar-refractivity contribution in [2.75, 3.05) is 6.61 Å². The normalized spacial score (nSPS) is 50.4. The molecular formula is C24H32O8. The number of hydrogen-bond donors (Lipinski definition) is 2. The Morgan fingerprint density at radius 2 is 1.78 bits per heavy atom. The number of fused-ring (bicyclic) bond motifs is 2. The molecule has 0 aromatic heterocycles. The maximum atomic E-state index is 13.9. The summed E-state index contributed by atoms with van der Waals surface area (Å²) in [6.45, 7) is 10.7. The number of carbonyl (C=O) groups is 3. The molecule has 0 amide bonds. The van der Waals surface area contributed by atoms with Gasteiger partial charge in [0.2, 0.25) is 0 Å². The Morgan fingerprint density at radius 3 is 2.41 bits per heavy atom. The van der Waals surface area contributed by atoms with Crippen LogP contribution in [0, 0.1) is 34.0 Å². The summed E-state index contributed by atoms with van der Waals surface area (Å²) in [5.41, 5.74) is -2.71. The highest BCUT2D eigenvalue weighted by Gasteiger charge is 2.88. The van der Waals surface area contributed by atoms with Crippen LogP contribution in [0.15, 0.2) is 12.2 Å². The third-order valence-corrected chi connectivity index (χ3v) is 9.42. The van der Waals surface area contributed by atoms with Crippen molar-refractivity contribution in [3.8, 4) is 0 Å². The van der Waals surface area contributed by atoms with Crippen LogP contribution < -0.4 is 0 Å². The van der Waals surface area contributed by atoms with Crippen LogP contribution in [-0.4, -0.2) is 58.6 Å². The third-order valence-electron chi connectivity index (χ3n) is 9.42. The Hall–Kier alpha value is -1.77. The second-order valence-corrected chi connectivity index (χ2v) is 11.1. The molecule has 32 heavy (non-hydrogen) atoms. The molecule has 8 nitrogen and oxygen atoms in total. The zero-order valence-corrected chi connectivity index (χ0v) is 19.1. The van der Waals surface area contributed by atoms with Crippen molar-refractivity contribution in [3.05, 3.63) is 12.2 Å². The van der Waals surface area contributed by atoms with Crippen LogP contribution >= 0.6 is 0 Å². The average Bonchev–Trinajstić information content (AvgIpc) is 2.80. The van der Waals surface area contributed by atoms with Gasteiger partial charge in [0.15, 0.2) is 5.78 Å². The SMILES string of the molecule is C=C1C(=O)[C@]23[C@H](O)[C@H]1CC[C@H]2[C@@]12CO[C@@]3(OC(C)=O)[C@@H](O)[C@@H]1C(C)(C)CC[C@@H]2OC(C)=O. The van der Waals surface area contributed by atoms with E-state index < -0.39 is 75.8 Å². The van der Waals surface area contributed by atoms with Gasteiger partial charge in [-0.05, 0) is 42.6 Å². The van der Waals surface area contributed by atoms with Crippen LogP contribution in [0.4, 0.5) is 0 Å². The van der Waals surface area contributed by atoms with E-state index in [1.54, 1.807) is 0 Å². The van der Waals surface area contributed by atoms with Gasteiger partial charge >= 0.3 is 11.9 Å². The minimum Gasteiger partial charge on any atom is -0.462 e. The Kier molecular flexibility index (Phi) is 4.42. The summed E-state index contributed by atoms with van der Waals surface area (Å²) in [7, 11) is 0. The first-order valence-electron chi connectivity index (χ1n) is 11.5. The molecule has 6 aliphatic rings. The summed E-state index contributed by atoms with van der Waals surface area (Å²) < 4.78 is 17.8. The second-order valence-electron chi connectivity index (χ2n) is 11.1. The molecule has 2 N–H and O–H groups in total. The molecule has 8 heteroatoms. The van der Waals surface area contributed by atoms with E-state index in [4.69, 9.17) is 14.2 Å². The zero-order valence-electron chi connectivity index (χ0n) is 19.1. The third kappa shape index (κ3) is 2.17. The van der Waals surface area contributed by atoms with Gasteiger partial charge in [-0.1, -0.05) is 20.4 Å². The number of esters is 2. The Labute approximate surface area is 187 Å². The number of aliphatic hydroxyl groups excluding tert-OH is 2. The molecule has 2 spiro atoms. The molecule has 4 saturated carbocycles. The number of carbonyl (C=O) groups excluding carboxylic acids is 3. The Balaban J connectivity index is 1.82. The Morgan fingerprint density at radius 1 is 1.09 bits per heavy atom. The Bertz CT molecular complexity index is 925. The predicted molar refractivity (Wildman–Crippen MR) is 110 cm³/mol. The number of ether oxygens (including phenoxy) is 3. The van der Waals surface area contributed by atoms with Crippen molar-refractivity contribution < 1.29 is 38.8 Å². The highest BCUT2D eigenvalue weighted by atomic mass is 16.7. The van der Waals surface area contributed by atoms with Gasteiger partial charge in [-0.15, -0.1) is 0 Å². The van der Waals surface area contributed by atoms with Crippen LogP contribution in [0.25, 0.3) is 0 Å². The first kappa shape index (κ1) is 22.0. The maximum absolute atomic E-state index is 13.9. The van der Waals surface area contributed by atoms with Crippen molar-refractivity contribution in [1.29, 1.82) is 0 Å². The highest BCUT2D eigenvalue weighted by molar-refractivity contribution is 6.05. The first-order chi connectivity index (χ1) is 14.9. The minimum absolute atomic E-state index is 0.0624. The van der Waals surface area contributed by atoms with Gasteiger partial charge in [0.25, 0.3) is 5.79 Å². The molecule has 176 valence electrons. The van der Waals surface area contributed by atoms with E-state index in [0.29, 0.717) is 25.7 Å². The van der Waals surface area contributed by atoms with E-state index in [0.717, 1.165) is 0 Å². The lowest BCUT2D eigenvalue weighted by Crippen LogP contribution is -2.86. The van der Waals surface area contributed by atoms with Gasteiger partial charge in [0.1, 0.15) is 17.6 Å². The van der Waals surface area contributed by atoms with Gasteiger partial charge in [0, 0.05) is 31.1 Å². The van der Waals surface area contributed by atoms with Crippen molar-refractivity contribution in [1.82, 2.24) is 0 Å². The fourth-order valence-electron chi connectivity index (χ4n) is 8.61. The molecule has 0 aromatic rings. The lowest BCUT2D eigenvalue weighted by molar-refractivity contribution is -0.456. The van der Waals surface area contributed by atoms with E-state index in [1.807, 2.05) is 13.8 Å². The van der Waals surface area contributed by atoms with Crippen LogP contribution in [0.1, 0.15) is 53.4 Å². The molecule has 9 atom stereocenters. The summed E-state index contributed by atoms with van der Waals surface area (Å²) in [5, 5.41) is 23.5. The van der Waals surface area contributed by atoms with Gasteiger partial charge < -0.3 is 24.4 Å². The summed E-state index contributed by atoms with van der Waals surface area (Å²) in [4.78, 5) is 38.3. The quantitative estimate of drug-likeness (QED) is 0.482. The molecule has 6 fully saturated rings. The number of ketones is 1. The monoisotopic (exact) mass is 448 g/mol. The van der Waals surface area contributed by atoms with Crippen LogP contribution in [0.3, 0.4) is 0 Å². The molecule has 2 saturated heterocycles. The minimum atomic E-state index is -2.01. The van der Waals surface area contributed by atoms with Crippen LogP contribution in [0.2, 0.25) is 0 Å². The van der Waals surface area contributed by atoms with Crippen LogP contribution in [-0.2, 0) is 28.6 Å². The van der Waals surface area contributed by atoms with E-state index >= 15 is 0 Å². The fraction of sp³-hybridized carbons (Fsp3) is 0.792. The van der Waals surface area contributed by atoms with Crippen LogP contribution in [0.5, 0.6) is 0 Å². The molecule has 2 heterocycles. The van der Waals surface area contributed by atoms with Crippen molar-refractivity contribution in [3.63, 3.8) is 0 Å². The van der Waals surface area contributed by atoms with E-state index in [2.05, 4.69) is 6.58 Å². The summed E-state index contributed by atoms with van der Waals surface area (Å²) >= 11 is 0. The molecule has 2 aliphatic heterocycles. The van der Waals surface area contributed by atoms with Crippen molar-refractivity contribution >= 4 is 17.7 Å². The largest absolute Gasteiger partial charge is 0.462 e. The molecule has 0 aromatic carbocycles. The average molecular weight is 449 g/mol. The lowest BCUT2D eigenvalue weighted by atomic mass is 9.35. The topological polar surface area (TPSA) is 119 Å². The van der Waals surface area contributed by atoms with E-state index in [-0.39, 0.29) is 12.2 Å². The lowest BCUT2D eigenvalue weighted by Gasteiger charge is -2.75. The smallest absolute Gasteiger partial charge is 0.305 e. The molecule has 4 bridgehead atoms. The van der Waals surface area contributed by atoms with Crippen molar-refractivity contribution in [2.24, 2.45) is 34.0 Å². The van der Waals surface area contributed by atoms with E-state index in [9.17, 15) is 24.6 Å². The molecular weight excluding hydrogens is 416 g/mol. The molecule has 6 rings (SSSR count). The summed E-state index contributed by atoms with van der Waals surface area (Å²) in [6, 6.07) is 0. The summed E-state index contributed by atoms with van der Waals surface area (Å²) in [6.07, 6.45) is -0.848. The van der Waals surface area contributed by atoms with Gasteiger partial charge in [-0.3, -0.25) is 14.4 Å². The molecule has 0 unspecified atom stereocenters. The standard InChI is InChI=1S/C24H32O8/c1-11-14-6-7-15-22-10-30-24(32-13(3)26,23(15,18(11)27)19(14)28)20(29)17(22)21(4,5)9-8-16(22)31-12(2)25/h14-17,19-20,28-29H,1,6-10H2,2-5H3/t14-,15-,16-,17+,19+,20-,22+,23-,24+/m0/s1. The fourth-order valence-corrected chi connectivity index (χ4v) is 8.61. The highest BCUT2D eigenvalue weighted by Crippen LogP contribution is 2.77. The van der Waals surface area contributed by atoms with Gasteiger partial charge in [0.05, 0.1) is 12.7 Å². The number of hydrogen-bond acceptors (Lipinski definition) is 8. The van der Waals surface area contributed by atoms with Gasteiger partial charge in [-0.2, -0.15) is 0 Å². The second kappa shape index (κ2) is 6.42. The number of aliphatic hydroxyl groups is 2. The van der Waals surface area contributed by atoms with Crippen molar-refractivity contribution in [2.45, 2.75) is 77.5 Å². The van der Waals surface area contributed by atoms with Gasteiger partial charge in [-0.25, -0.2) is 0 Å². The first-order valence-corrected chi connectivity index (χ1v) is 11.5. The summed E-state index contributed by atoms with van der Waals surface area (Å²) in [5.74, 6) is -5.03. The zero-order chi connectivity index (χ0) is 23.4. The number of rotatable bonds is 2. The maximum Gasteiger partial charge on any atom is 0.305 e. The molecule has 0 radical (unpaired) electrons. The van der Waals surface area contributed by atoms with E-state index in [1.165, 1.54) is 13.8 Å². The number of Topliss-reactive ketones (excluding diaryl/α,β-unsaturated/α-hetero) is 1.